The molecule has 0 radical (unpaired) electrons. The van der Waals surface area contributed by atoms with Crippen LogP contribution < -0.4 is 10.1 Å². The van der Waals surface area contributed by atoms with Gasteiger partial charge in [0, 0.05) is 18.1 Å². The van der Waals surface area contributed by atoms with E-state index in [2.05, 4.69) is 5.32 Å². The van der Waals surface area contributed by atoms with Crippen LogP contribution in [0.1, 0.15) is 38.7 Å². The maximum Gasteiger partial charge on any atom is 0.261 e. The summed E-state index contributed by atoms with van der Waals surface area (Å²) in [5.74, 6) is -1.20. The normalized spacial score (nSPS) is 11.6. The van der Waals surface area contributed by atoms with E-state index in [-0.39, 0.29) is 24.8 Å². The van der Waals surface area contributed by atoms with Gasteiger partial charge in [-0.1, -0.05) is 62.2 Å². The van der Waals surface area contributed by atoms with E-state index < -0.39 is 17.8 Å². The molecule has 0 aromatic heterocycles. The first-order valence-electron chi connectivity index (χ1n) is 10.2. The van der Waals surface area contributed by atoms with Gasteiger partial charge in [0.05, 0.1) is 0 Å². The highest BCUT2D eigenvalue weighted by molar-refractivity contribution is 6.31. The van der Waals surface area contributed by atoms with Gasteiger partial charge in [-0.15, -0.1) is 0 Å². The molecule has 0 fully saturated rings. The molecule has 1 atom stereocenters. The smallest absolute Gasteiger partial charge is 0.261 e. The Labute approximate surface area is 182 Å². The van der Waals surface area contributed by atoms with Crippen LogP contribution in [0.25, 0.3) is 0 Å². The molecule has 2 aromatic carbocycles. The second-order valence-corrected chi connectivity index (χ2v) is 7.31. The van der Waals surface area contributed by atoms with Gasteiger partial charge in [-0.3, -0.25) is 9.59 Å². The largest absolute Gasteiger partial charge is 0.481 e. The first-order valence-corrected chi connectivity index (χ1v) is 10.5. The number of nitrogens with one attached hydrogen (secondary N) is 1. The summed E-state index contributed by atoms with van der Waals surface area (Å²) in [5, 5.41) is 3.39. The highest BCUT2D eigenvalue weighted by atomic mass is 35.5. The van der Waals surface area contributed by atoms with Crippen LogP contribution in [-0.2, 0) is 16.1 Å². The number of carbonyl (C=O) groups is 2. The highest BCUT2D eigenvalue weighted by Gasteiger charge is 2.29. The fraction of sp³-hybridized carbons (Fsp3) is 0.391. The number of hydrogen-bond donors (Lipinski definition) is 1. The third-order valence-corrected chi connectivity index (χ3v) is 5.07. The van der Waals surface area contributed by atoms with Crippen molar-refractivity contribution in [3.63, 3.8) is 0 Å². The number of unbranched alkanes of at least 4 members (excludes halogenated alkanes) is 1. The van der Waals surface area contributed by atoms with Crippen LogP contribution in [0.4, 0.5) is 4.39 Å². The van der Waals surface area contributed by atoms with Crippen LogP contribution in [0.3, 0.4) is 0 Å². The summed E-state index contributed by atoms with van der Waals surface area (Å²) in [7, 11) is 0. The quantitative estimate of drug-likeness (QED) is 0.526. The van der Waals surface area contributed by atoms with Crippen molar-refractivity contribution < 1.29 is 18.7 Å². The fourth-order valence-electron chi connectivity index (χ4n) is 3.02. The molecule has 0 aliphatic rings. The van der Waals surface area contributed by atoms with Crippen molar-refractivity contribution in [3.05, 3.63) is 64.9 Å². The maximum atomic E-state index is 13.8. The predicted octanol–water partition coefficient (Wildman–Crippen LogP) is 4.58. The van der Waals surface area contributed by atoms with E-state index >= 15 is 0 Å². The van der Waals surface area contributed by atoms with Crippen molar-refractivity contribution in [1.82, 2.24) is 10.2 Å². The lowest BCUT2D eigenvalue weighted by Crippen LogP contribution is -2.50. The molecule has 5 nitrogen and oxygen atoms in total. The number of benzene rings is 2. The second-order valence-electron chi connectivity index (χ2n) is 6.90. The van der Waals surface area contributed by atoms with E-state index in [1.54, 1.807) is 24.3 Å². The zero-order valence-corrected chi connectivity index (χ0v) is 18.1. The van der Waals surface area contributed by atoms with E-state index in [9.17, 15) is 14.0 Å². The van der Waals surface area contributed by atoms with Crippen LogP contribution in [0.2, 0.25) is 5.02 Å². The molecule has 0 spiro atoms. The van der Waals surface area contributed by atoms with Gasteiger partial charge in [-0.2, -0.15) is 0 Å². The molecule has 2 rings (SSSR count). The van der Waals surface area contributed by atoms with E-state index in [0.717, 1.165) is 18.4 Å². The molecule has 0 unspecified atom stereocenters. The van der Waals surface area contributed by atoms with Crippen LogP contribution >= 0.6 is 11.6 Å². The van der Waals surface area contributed by atoms with E-state index in [1.807, 2.05) is 26.0 Å². The predicted molar refractivity (Wildman–Crippen MR) is 116 cm³/mol. The van der Waals surface area contributed by atoms with Crippen molar-refractivity contribution in [2.24, 2.45) is 0 Å². The van der Waals surface area contributed by atoms with E-state index in [1.165, 1.54) is 17.0 Å². The lowest BCUT2D eigenvalue weighted by Gasteiger charge is -2.30. The van der Waals surface area contributed by atoms with Crippen molar-refractivity contribution in [3.8, 4) is 5.75 Å². The zero-order chi connectivity index (χ0) is 21.9. The average molecular weight is 435 g/mol. The first kappa shape index (κ1) is 23.7. The van der Waals surface area contributed by atoms with Crippen LogP contribution in [-0.4, -0.2) is 35.9 Å². The second kappa shape index (κ2) is 12.2. The van der Waals surface area contributed by atoms with Gasteiger partial charge >= 0.3 is 0 Å². The molecule has 0 heterocycles. The standard InChI is InChI=1S/C23H28ClFN2O3/c1-3-5-14-26-23(29)20(4-2)27(15-17-10-6-7-11-18(17)24)22(28)16-30-21-13-9-8-12-19(21)25/h6-13,20H,3-5,14-16H2,1-2H3,(H,26,29)/t20-/m1/s1. The minimum absolute atomic E-state index is 0.0102. The first-order chi connectivity index (χ1) is 14.5. The van der Waals surface area contributed by atoms with Crippen molar-refractivity contribution in [1.29, 1.82) is 0 Å². The molecular weight excluding hydrogens is 407 g/mol. The van der Waals surface area contributed by atoms with Crippen LogP contribution in [0.5, 0.6) is 5.75 Å². The Morgan fingerprint density at radius 3 is 2.50 bits per heavy atom. The van der Waals surface area contributed by atoms with Crippen LogP contribution in [0.15, 0.2) is 48.5 Å². The summed E-state index contributed by atoms with van der Waals surface area (Å²) >= 11 is 6.28. The number of ether oxygens (including phenoxy) is 1. The summed E-state index contributed by atoms with van der Waals surface area (Å²) in [6.45, 7) is 4.19. The van der Waals surface area contributed by atoms with Crippen LogP contribution in [0, 0.1) is 5.82 Å². The lowest BCUT2D eigenvalue weighted by molar-refractivity contribution is -0.143. The molecule has 2 aromatic rings. The van der Waals surface area contributed by atoms with Gasteiger partial charge in [0.1, 0.15) is 6.04 Å². The van der Waals surface area contributed by atoms with Gasteiger partial charge < -0.3 is 15.0 Å². The summed E-state index contributed by atoms with van der Waals surface area (Å²) in [4.78, 5) is 27.2. The summed E-state index contributed by atoms with van der Waals surface area (Å²) in [6.07, 6.45) is 2.24. The maximum absolute atomic E-state index is 13.8. The molecule has 0 aliphatic carbocycles. The van der Waals surface area contributed by atoms with Gasteiger partial charge in [-0.25, -0.2) is 4.39 Å². The number of hydrogen-bond acceptors (Lipinski definition) is 3. The third-order valence-electron chi connectivity index (χ3n) is 4.70. The molecule has 7 heteroatoms. The molecule has 162 valence electrons. The minimum atomic E-state index is -0.685. The molecule has 30 heavy (non-hydrogen) atoms. The Kier molecular flexibility index (Phi) is 9.61. The van der Waals surface area contributed by atoms with Gasteiger partial charge in [0.15, 0.2) is 18.2 Å². The van der Waals surface area contributed by atoms with E-state index in [0.29, 0.717) is 18.0 Å². The van der Waals surface area contributed by atoms with E-state index in [4.69, 9.17) is 16.3 Å². The van der Waals surface area contributed by atoms with Crippen molar-refractivity contribution in [2.45, 2.75) is 45.7 Å². The number of para-hydroxylation sites is 1. The van der Waals surface area contributed by atoms with Gasteiger partial charge in [0.2, 0.25) is 5.91 Å². The monoisotopic (exact) mass is 434 g/mol. The summed E-state index contributed by atoms with van der Waals surface area (Å²) in [5.41, 5.74) is 0.721. The molecule has 0 aliphatic heterocycles. The SMILES string of the molecule is CCCCNC(=O)[C@@H](CC)N(Cc1ccccc1Cl)C(=O)COc1ccccc1F. The Morgan fingerprint density at radius 1 is 1.13 bits per heavy atom. The topological polar surface area (TPSA) is 58.6 Å². The zero-order valence-electron chi connectivity index (χ0n) is 17.4. The molecule has 2 amide bonds. The average Bonchev–Trinajstić information content (AvgIpc) is 2.74. The number of rotatable bonds is 11. The Bertz CT molecular complexity index is 847. The molecule has 1 N–H and O–H groups in total. The van der Waals surface area contributed by atoms with Gasteiger partial charge in [-0.05, 0) is 36.6 Å². The minimum Gasteiger partial charge on any atom is -0.481 e. The molecule has 0 saturated carbocycles. The lowest BCUT2D eigenvalue weighted by atomic mass is 10.1. The number of halogens is 2. The number of carbonyl (C=O) groups excluding carboxylic acids is 2. The van der Waals surface area contributed by atoms with Crippen molar-refractivity contribution in [2.75, 3.05) is 13.2 Å². The number of nitrogens with zero attached hydrogens (tertiary/aromatic N) is 1. The summed E-state index contributed by atoms with van der Waals surface area (Å²) in [6, 6.07) is 12.4. The Morgan fingerprint density at radius 2 is 1.83 bits per heavy atom. The number of amides is 2. The molecular formula is C23H28ClFN2O3. The summed E-state index contributed by atoms with van der Waals surface area (Å²) < 4.78 is 19.2. The fourth-order valence-corrected chi connectivity index (χ4v) is 3.22. The van der Waals surface area contributed by atoms with Gasteiger partial charge in [0.25, 0.3) is 5.91 Å². The molecule has 0 bridgehead atoms. The highest BCUT2D eigenvalue weighted by Crippen LogP contribution is 2.21. The van der Waals surface area contributed by atoms with Crippen molar-refractivity contribution >= 4 is 23.4 Å². The molecule has 0 saturated heterocycles. The third kappa shape index (κ3) is 6.73. The Hall–Kier alpha value is -2.60. The Balaban J connectivity index is 2.20.